The molecular formula is C26H35N5. The fourth-order valence-corrected chi connectivity index (χ4v) is 4.67. The maximum atomic E-state index is 5.02. The molecule has 0 atom stereocenters. The topological polar surface area (TPSA) is 56.8 Å². The minimum Gasteiger partial charge on any atom is -0.341 e. The quantitative estimate of drug-likeness (QED) is 0.511. The van der Waals surface area contributed by atoms with Gasteiger partial charge in [-0.15, -0.1) is 0 Å². The number of piperidine rings is 1. The van der Waals surface area contributed by atoms with Crippen molar-refractivity contribution in [1.82, 2.24) is 25.2 Å². The predicted molar refractivity (Wildman–Crippen MR) is 130 cm³/mol. The van der Waals surface area contributed by atoms with Crippen LogP contribution in [-0.4, -0.2) is 53.1 Å². The van der Waals surface area contributed by atoms with E-state index in [1.165, 1.54) is 50.2 Å². The van der Waals surface area contributed by atoms with E-state index in [2.05, 4.69) is 64.4 Å². The molecule has 1 aliphatic rings. The van der Waals surface area contributed by atoms with E-state index in [4.69, 9.17) is 4.98 Å². The minimum atomic E-state index is 0.659. The number of nitrogens with one attached hydrogen (secondary N) is 2. The third-order valence-corrected chi connectivity index (χ3v) is 6.57. The second kappa shape index (κ2) is 10.2. The highest BCUT2D eigenvalue weighted by Crippen LogP contribution is 2.29. The average molecular weight is 418 g/mol. The number of allylic oxidation sites excluding steroid dienone is 1. The molecule has 0 amide bonds. The summed E-state index contributed by atoms with van der Waals surface area (Å²) in [6.45, 7) is 9.20. The Morgan fingerprint density at radius 1 is 1.23 bits per heavy atom. The van der Waals surface area contributed by atoms with Gasteiger partial charge in [-0.05, 0) is 90.0 Å². The van der Waals surface area contributed by atoms with E-state index >= 15 is 0 Å². The SMILES string of the molecule is CCc1[nH]c(-c2ccnc3ccccc23)nc1/C=C(\C)C1CCN(CCCNC)CC1. The van der Waals surface area contributed by atoms with Crippen LogP contribution in [0.3, 0.4) is 0 Å². The Bertz CT molecular complexity index is 1020. The molecule has 0 aliphatic carbocycles. The van der Waals surface area contributed by atoms with Gasteiger partial charge < -0.3 is 15.2 Å². The molecule has 0 saturated carbocycles. The van der Waals surface area contributed by atoms with Crippen molar-refractivity contribution in [2.75, 3.05) is 33.2 Å². The second-order valence-corrected chi connectivity index (χ2v) is 8.64. The molecule has 1 saturated heterocycles. The van der Waals surface area contributed by atoms with E-state index in [0.29, 0.717) is 5.92 Å². The fourth-order valence-electron chi connectivity index (χ4n) is 4.67. The van der Waals surface area contributed by atoms with E-state index in [1.807, 2.05) is 19.3 Å². The zero-order valence-corrected chi connectivity index (χ0v) is 19.1. The first-order valence-corrected chi connectivity index (χ1v) is 11.7. The van der Waals surface area contributed by atoms with E-state index in [1.54, 1.807) is 0 Å². The minimum absolute atomic E-state index is 0.659. The van der Waals surface area contributed by atoms with Gasteiger partial charge in [-0.1, -0.05) is 30.7 Å². The lowest BCUT2D eigenvalue weighted by molar-refractivity contribution is 0.197. The number of rotatable bonds is 8. The molecule has 5 nitrogen and oxygen atoms in total. The Kier molecular flexibility index (Phi) is 7.15. The molecule has 2 aromatic heterocycles. The number of likely N-dealkylation sites (tertiary alicyclic amines) is 1. The number of fused-ring (bicyclic) bond motifs is 1. The van der Waals surface area contributed by atoms with Gasteiger partial charge >= 0.3 is 0 Å². The van der Waals surface area contributed by atoms with Gasteiger partial charge in [-0.25, -0.2) is 4.98 Å². The molecule has 0 bridgehead atoms. The van der Waals surface area contributed by atoms with Gasteiger partial charge in [0, 0.05) is 22.8 Å². The Balaban J connectivity index is 1.51. The molecule has 3 heterocycles. The number of benzene rings is 1. The van der Waals surface area contributed by atoms with Gasteiger partial charge in [-0.3, -0.25) is 4.98 Å². The van der Waals surface area contributed by atoms with Crippen LogP contribution in [0.25, 0.3) is 28.4 Å². The second-order valence-electron chi connectivity index (χ2n) is 8.64. The van der Waals surface area contributed by atoms with Crippen LogP contribution in [0.2, 0.25) is 0 Å². The maximum Gasteiger partial charge on any atom is 0.138 e. The summed E-state index contributed by atoms with van der Waals surface area (Å²) in [6, 6.07) is 10.3. The molecule has 31 heavy (non-hydrogen) atoms. The van der Waals surface area contributed by atoms with E-state index < -0.39 is 0 Å². The van der Waals surface area contributed by atoms with Gasteiger partial charge in [0.1, 0.15) is 5.82 Å². The molecule has 1 aliphatic heterocycles. The Hall–Kier alpha value is -2.50. The Morgan fingerprint density at radius 2 is 2.03 bits per heavy atom. The smallest absolute Gasteiger partial charge is 0.138 e. The molecule has 3 aromatic rings. The summed E-state index contributed by atoms with van der Waals surface area (Å²) < 4.78 is 0. The normalized spacial score (nSPS) is 16.3. The van der Waals surface area contributed by atoms with E-state index in [0.717, 1.165) is 41.0 Å². The number of H-pyrrole nitrogens is 1. The molecule has 1 aromatic carbocycles. The van der Waals surface area contributed by atoms with Crippen LogP contribution >= 0.6 is 0 Å². The van der Waals surface area contributed by atoms with Crippen LogP contribution < -0.4 is 5.32 Å². The standard InChI is InChI=1S/C26H35N5/c1-4-23-25(18-19(2)20-11-16-31(17-12-20)15-7-13-27-3)30-26(29-23)22-10-14-28-24-9-6-5-8-21(22)24/h5-6,8-10,14,18,20,27H,4,7,11-13,15-17H2,1-3H3,(H,29,30)/b19-18+. The number of imidazole rings is 1. The first-order chi connectivity index (χ1) is 15.2. The molecule has 1 fully saturated rings. The largest absolute Gasteiger partial charge is 0.341 e. The maximum absolute atomic E-state index is 5.02. The molecule has 5 heteroatoms. The van der Waals surface area contributed by atoms with Crippen LogP contribution in [0.5, 0.6) is 0 Å². The number of aromatic amines is 1. The highest BCUT2D eigenvalue weighted by molar-refractivity contribution is 5.92. The summed E-state index contributed by atoms with van der Waals surface area (Å²) in [7, 11) is 2.03. The first kappa shape index (κ1) is 21.7. The van der Waals surface area contributed by atoms with Gasteiger partial charge in [0.2, 0.25) is 0 Å². The van der Waals surface area contributed by atoms with Gasteiger partial charge in [0.25, 0.3) is 0 Å². The number of pyridine rings is 1. The number of para-hydroxylation sites is 1. The zero-order valence-electron chi connectivity index (χ0n) is 19.1. The van der Waals surface area contributed by atoms with Crippen molar-refractivity contribution in [3.63, 3.8) is 0 Å². The summed E-state index contributed by atoms with van der Waals surface area (Å²) in [6.07, 6.45) is 8.86. The van der Waals surface area contributed by atoms with E-state index in [9.17, 15) is 0 Å². The first-order valence-electron chi connectivity index (χ1n) is 11.7. The number of nitrogens with zero attached hydrogens (tertiary/aromatic N) is 3. The Labute approximate surface area is 186 Å². The summed E-state index contributed by atoms with van der Waals surface area (Å²) in [5.41, 5.74) is 5.88. The van der Waals surface area contributed by atoms with Crippen LogP contribution in [0, 0.1) is 5.92 Å². The molecule has 0 radical (unpaired) electrons. The summed E-state index contributed by atoms with van der Waals surface area (Å²) in [4.78, 5) is 15.7. The highest BCUT2D eigenvalue weighted by Gasteiger charge is 2.21. The van der Waals surface area contributed by atoms with Crippen LogP contribution in [0.15, 0.2) is 42.1 Å². The Morgan fingerprint density at radius 3 is 2.81 bits per heavy atom. The predicted octanol–water partition coefficient (Wildman–Crippen LogP) is 4.91. The lowest BCUT2D eigenvalue weighted by Gasteiger charge is -2.32. The van der Waals surface area contributed by atoms with Crippen LogP contribution in [0.4, 0.5) is 0 Å². The van der Waals surface area contributed by atoms with Crippen molar-refractivity contribution >= 4 is 17.0 Å². The number of hydrogen-bond acceptors (Lipinski definition) is 4. The monoisotopic (exact) mass is 417 g/mol. The highest BCUT2D eigenvalue weighted by atomic mass is 15.1. The summed E-state index contributed by atoms with van der Waals surface area (Å²) in [5.74, 6) is 1.60. The van der Waals surface area contributed by atoms with Gasteiger partial charge in [-0.2, -0.15) is 0 Å². The van der Waals surface area contributed by atoms with Gasteiger partial charge in [0.15, 0.2) is 0 Å². The van der Waals surface area contributed by atoms with Crippen molar-refractivity contribution in [3.8, 4) is 11.4 Å². The molecule has 2 N–H and O–H groups in total. The number of hydrogen-bond donors (Lipinski definition) is 2. The van der Waals surface area contributed by atoms with Crippen molar-refractivity contribution in [2.24, 2.45) is 5.92 Å². The lowest BCUT2D eigenvalue weighted by Crippen LogP contribution is -2.35. The fraction of sp³-hybridized carbons (Fsp3) is 0.462. The van der Waals surface area contributed by atoms with Crippen LogP contribution in [0.1, 0.15) is 44.5 Å². The third-order valence-electron chi connectivity index (χ3n) is 6.57. The molecule has 4 rings (SSSR count). The third kappa shape index (κ3) is 5.05. The zero-order chi connectivity index (χ0) is 21.6. The van der Waals surface area contributed by atoms with Gasteiger partial charge in [0.05, 0.1) is 11.2 Å². The van der Waals surface area contributed by atoms with Crippen LogP contribution in [-0.2, 0) is 6.42 Å². The molecule has 0 spiro atoms. The molecule has 164 valence electrons. The van der Waals surface area contributed by atoms with Crippen molar-refractivity contribution < 1.29 is 0 Å². The van der Waals surface area contributed by atoms with Crippen molar-refractivity contribution in [2.45, 2.75) is 39.5 Å². The van der Waals surface area contributed by atoms with Crippen molar-refractivity contribution in [3.05, 3.63) is 53.5 Å². The van der Waals surface area contributed by atoms with Crippen molar-refractivity contribution in [1.29, 1.82) is 0 Å². The lowest BCUT2D eigenvalue weighted by atomic mass is 9.89. The molecular weight excluding hydrogens is 382 g/mol. The number of aryl methyl sites for hydroxylation is 1. The molecule has 0 unspecified atom stereocenters. The summed E-state index contributed by atoms with van der Waals surface area (Å²) in [5, 5.41) is 4.38. The van der Waals surface area contributed by atoms with E-state index in [-0.39, 0.29) is 0 Å². The number of aromatic nitrogens is 3. The summed E-state index contributed by atoms with van der Waals surface area (Å²) >= 11 is 0. The average Bonchev–Trinajstić information content (AvgIpc) is 3.21.